The highest BCUT2D eigenvalue weighted by molar-refractivity contribution is 6.35. The van der Waals surface area contributed by atoms with Gasteiger partial charge < -0.3 is 15.8 Å². The molecule has 0 bridgehead atoms. The molecule has 0 saturated heterocycles. The zero-order valence-corrected chi connectivity index (χ0v) is 12.8. The molecule has 2 aromatic carbocycles. The minimum atomic E-state index is -0.444. The number of nitrogens with one attached hydrogen (secondary N) is 1. The Hall–Kier alpha value is -1.91. The third-order valence-electron chi connectivity index (χ3n) is 2.68. The van der Waals surface area contributed by atoms with Crippen LogP contribution in [0, 0.1) is 0 Å². The van der Waals surface area contributed by atoms with Gasteiger partial charge in [0, 0.05) is 21.4 Å². The number of esters is 1. The molecular formula is C15H14Cl2N2O2. The molecule has 0 unspecified atom stereocenters. The summed E-state index contributed by atoms with van der Waals surface area (Å²) in [6.45, 7) is 2.03. The van der Waals surface area contributed by atoms with Crippen LogP contribution in [0.2, 0.25) is 10.0 Å². The molecule has 0 aliphatic rings. The van der Waals surface area contributed by atoms with Gasteiger partial charge in [0.2, 0.25) is 0 Å². The zero-order chi connectivity index (χ0) is 15.4. The molecule has 4 nitrogen and oxygen atoms in total. The van der Waals surface area contributed by atoms with Crippen molar-refractivity contribution in [3.8, 4) is 0 Å². The number of halogens is 2. The van der Waals surface area contributed by atoms with Gasteiger partial charge in [-0.25, -0.2) is 4.79 Å². The Morgan fingerprint density at radius 2 is 1.86 bits per heavy atom. The van der Waals surface area contributed by atoms with Crippen LogP contribution in [0.15, 0.2) is 36.4 Å². The summed E-state index contributed by atoms with van der Waals surface area (Å²) in [5, 5.41) is 4.09. The molecule has 0 aliphatic heterocycles. The second-order valence-electron chi connectivity index (χ2n) is 4.31. The normalized spacial score (nSPS) is 10.2. The van der Waals surface area contributed by atoms with Crippen LogP contribution < -0.4 is 11.1 Å². The Bertz CT molecular complexity index is 654. The fourth-order valence-electron chi connectivity index (χ4n) is 1.83. The zero-order valence-electron chi connectivity index (χ0n) is 11.3. The smallest absolute Gasteiger partial charge is 0.340 e. The number of hydrogen-bond donors (Lipinski definition) is 2. The highest BCUT2D eigenvalue weighted by atomic mass is 35.5. The quantitative estimate of drug-likeness (QED) is 0.642. The SMILES string of the molecule is CCOC(=O)c1cc(N)ccc1Nc1cc(Cl)cc(Cl)c1. The number of benzene rings is 2. The van der Waals surface area contributed by atoms with Crippen LogP contribution >= 0.6 is 23.2 Å². The van der Waals surface area contributed by atoms with Crippen molar-refractivity contribution in [2.75, 3.05) is 17.7 Å². The third-order valence-corrected chi connectivity index (χ3v) is 3.12. The molecule has 0 heterocycles. The molecule has 0 aromatic heterocycles. The van der Waals surface area contributed by atoms with Crippen molar-refractivity contribution in [3.05, 3.63) is 52.0 Å². The Balaban J connectivity index is 2.37. The van der Waals surface area contributed by atoms with E-state index in [4.69, 9.17) is 33.7 Å². The summed E-state index contributed by atoms with van der Waals surface area (Å²) >= 11 is 11.9. The van der Waals surface area contributed by atoms with Gasteiger partial charge in [-0.15, -0.1) is 0 Å². The number of ether oxygens (including phenoxy) is 1. The molecule has 110 valence electrons. The number of anilines is 3. The number of carbonyl (C=O) groups excluding carboxylic acids is 1. The Morgan fingerprint density at radius 3 is 2.48 bits per heavy atom. The van der Waals surface area contributed by atoms with E-state index in [1.54, 1.807) is 43.3 Å². The fraction of sp³-hybridized carbons (Fsp3) is 0.133. The summed E-state index contributed by atoms with van der Waals surface area (Å²) in [6, 6.07) is 10.0. The topological polar surface area (TPSA) is 64.3 Å². The molecule has 2 rings (SSSR count). The van der Waals surface area contributed by atoms with Crippen molar-refractivity contribution >= 4 is 46.2 Å². The first-order chi connectivity index (χ1) is 9.99. The second-order valence-corrected chi connectivity index (χ2v) is 5.18. The maximum atomic E-state index is 12.0. The molecule has 0 fully saturated rings. The van der Waals surface area contributed by atoms with E-state index in [9.17, 15) is 4.79 Å². The Labute approximate surface area is 132 Å². The summed E-state index contributed by atoms with van der Waals surface area (Å²) < 4.78 is 5.02. The second kappa shape index (κ2) is 6.70. The monoisotopic (exact) mass is 324 g/mol. The highest BCUT2D eigenvalue weighted by Gasteiger charge is 2.13. The van der Waals surface area contributed by atoms with Gasteiger partial charge in [0.1, 0.15) is 0 Å². The molecule has 0 atom stereocenters. The predicted octanol–water partition coefficient (Wildman–Crippen LogP) is 4.50. The first-order valence-electron chi connectivity index (χ1n) is 6.29. The maximum absolute atomic E-state index is 12.0. The number of carbonyl (C=O) groups is 1. The van der Waals surface area contributed by atoms with Crippen molar-refractivity contribution < 1.29 is 9.53 Å². The van der Waals surface area contributed by atoms with Crippen LogP contribution in [0.5, 0.6) is 0 Å². The molecule has 0 aliphatic carbocycles. The van der Waals surface area contributed by atoms with E-state index in [0.717, 1.165) is 0 Å². The van der Waals surface area contributed by atoms with Gasteiger partial charge >= 0.3 is 5.97 Å². The minimum absolute atomic E-state index is 0.288. The van der Waals surface area contributed by atoms with Crippen LogP contribution in [0.4, 0.5) is 17.1 Å². The summed E-state index contributed by atoms with van der Waals surface area (Å²) in [6.07, 6.45) is 0. The van der Waals surface area contributed by atoms with Crippen molar-refractivity contribution in [1.82, 2.24) is 0 Å². The lowest BCUT2D eigenvalue weighted by Crippen LogP contribution is -2.08. The van der Waals surface area contributed by atoms with Gasteiger partial charge in [-0.05, 0) is 43.3 Å². The van der Waals surface area contributed by atoms with Crippen LogP contribution in [0.1, 0.15) is 17.3 Å². The molecular weight excluding hydrogens is 311 g/mol. The molecule has 0 saturated carbocycles. The van der Waals surface area contributed by atoms with Crippen molar-refractivity contribution in [3.63, 3.8) is 0 Å². The van der Waals surface area contributed by atoms with Gasteiger partial charge in [-0.3, -0.25) is 0 Å². The lowest BCUT2D eigenvalue weighted by molar-refractivity contribution is 0.0527. The summed E-state index contributed by atoms with van der Waals surface area (Å²) in [5.41, 5.74) is 7.80. The van der Waals surface area contributed by atoms with E-state index in [1.807, 2.05) is 0 Å². The van der Waals surface area contributed by atoms with Crippen molar-refractivity contribution in [2.45, 2.75) is 6.92 Å². The largest absolute Gasteiger partial charge is 0.462 e. The third kappa shape index (κ3) is 4.03. The first-order valence-corrected chi connectivity index (χ1v) is 7.05. The number of nitrogens with two attached hydrogens (primary N) is 1. The van der Waals surface area contributed by atoms with Crippen molar-refractivity contribution in [1.29, 1.82) is 0 Å². The number of nitrogen functional groups attached to an aromatic ring is 1. The van der Waals surface area contributed by atoms with E-state index in [-0.39, 0.29) is 6.61 Å². The summed E-state index contributed by atoms with van der Waals surface area (Å²) in [5.74, 6) is -0.444. The minimum Gasteiger partial charge on any atom is -0.462 e. The number of hydrogen-bond acceptors (Lipinski definition) is 4. The predicted molar refractivity (Wildman–Crippen MR) is 86.6 cm³/mol. The molecule has 6 heteroatoms. The molecule has 2 aromatic rings. The van der Waals surface area contributed by atoms with E-state index in [2.05, 4.69) is 5.32 Å². The van der Waals surface area contributed by atoms with E-state index < -0.39 is 5.97 Å². The summed E-state index contributed by atoms with van der Waals surface area (Å²) in [7, 11) is 0. The van der Waals surface area contributed by atoms with Gasteiger partial charge in [-0.2, -0.15) is 0 Å². The summed E-state index contributed by atoms with van der Waals surface area (Å²) in [4.78, 5) is 12.0. The fourth-order valence-corrected chi connectivity index (χ4v) is 2.36. The van der Waals surface area contributed by atoms with E-state index in [1.165, 1.54) is 0 Å². The standard InChI is InChI=1S/C15H14Cl2N2O2/c1-2-21-15(20)13-8-11(18)3-4-14(13)19-12-6-9(16)5-10(17)7-12/h3-8,19H,2,18H2,1H3. The molecule has 21 heavy (non-hydrogen) atoms. The van der Waals surface area contributed by atoms with Crippen LogP contribution in [-0.4, -0.2) is 12.6 Å². The Kier molecular flexibility index (Phi) is 4.94. The average molecular weight is 325 g/mol. The van der Waals surface area contributed by atoms with E-state index >= 15 is 0 Å². The first kappa shape index (κ1) is 15.5. The van der Waals surface area contributed by atoms with Gasteiger partial charge in [0.05, 0.1) is 17.9 Å². The van der Waals surface area contributed by atoms with Crippen LogP contribution in [0.3, 0.4) is 0 Å². The number of rotatable bonds is 4. The van der Waals surface area contributed by atoms with Crippen LogP contribution in [-0.2, 0) is 4.74 Å². The lowest BCUT2D eigenvalue weighted by atomic mass is 10.1. The lowest BCUT2D eigenvalue weighted by Gasteiger charge is -2.12. The van der Waals surface area contributed by atoms with Gasteiger partial charge in [0.15, 0.2) is 0 Å². The molecule has 0 spiro atoms. The highest BCUT2D eigenvalue weighted by Crippen LogP contribution is 2.28. The van der Waals surface area contributed by atoms with E-state index in [0.29, 0.717) is 32.7 Å². The maximum Gasteiger partial charge on any atom is 0.340 e. The Morgan fingerprint density at radius 1 is 1.19 bits per heavy atom. The van der Waals surface area contributed by atoms with Gasteiger partial charge in [0.25, 0.3) is 0 Å². The van der Waals surface area contributed by atoms with Gasteiger partial charge in [-0.1, -0.05) is 23.2 Å². The molecule has 0 radical (unpaired) electrons. The molecule has 3 N–H and O–H groups in total. The van der Waals surface area contributed by atoms with Crippen LogP contribution in [0.25, 0.3) is 0 Å². The van der Waals surface area contributed by atoms with Crippen molar-refractivity contribution in [2.24, 2.45) is 0 Å². The molecule has 0 amide bonds. The average Bonchev–Trinajstić information content (AvgIpc) is 2.40.